The molecule has 0 aliphatic heterocycles. The molecule has 0 saturated heterocycles. The first-order valence-electron chi connectivity index (χ1n) is 7.22. The Labute approximate surface area is 144 Å². The molecule has 0 aliphatic carbocycles. The number of benzene rings is 1. The van der Waals surface area contributed by atoms with Gasteiger partial charge >= 0.3 is 0 Å². The maximum absolute atomic E-state index is 12.3. The van der Waals surface area contributed by atoms with E-state index in [0.717, 1.165) is 11.3 Å². The highest BCUT2D eigenvalue weighted by Gasteiger charge is 2.21. The lowest BCUT2D eigenvalue weighted by Gasteiger charge is -2.07. The summed E-state index contributed by atoms with van der Waals surface area (Å²) in [7, 11) is -3.87. The van der Waals surface area contributed by atoms with Crippen LogP contribution >= 0.6 is 11.3 Å². The molecule has 1 amide bonds. The quantitative estimate of drug-likeness (QED) is 0.724. The topological polar surface area (TPSA) is 110 Å². The summed E-state index contributed by atoms with van der Waals surface area (Å²) >= 11 is 0.787. The fraction of sp³-hybridized carbons (Fsp3) is 0.357. The van der Waals surface area contributed by atoms with E-state index in [1.54, 1.807) is 38.1 Å². The van der Waals surface area contributed by atoms with Gasteiger partial charge in [-0.3, -0.25) is 9.52 Å². The van der Waals surface area contributed by atoms with Crippen LogP contribution in [-0.4, -0.2) is 31.1 Å². The molecule has 0 saturated carbocycles. The van der Waals surface area contributed by atoms with E-state index in [1.165, 1.54) is 0 Å². The Morgan fingerprint density at radius 3 is 2.50 bits per heavy atom. The summed E-state index contributed by atoms with van der Waals surface area (Å²) in [6.45, 7) is 5.84. The Morgan fingerprint density at radius 1 is 1.25 bits per heavy atom. The number of hydrogen-bond acceptors (Lipinski definition) is 7. The molecule has 10 heteroatoms. The maximum Gasteiger partial charge on any atom is 0.291 e. The van der Waals surface area contributed by atoms with Gasteiger partial charge in [0.1, 0.15) is 5.75 Å². The van der Waals surface area contributed by atoms with Gasteiger partial charge in [-0.15, -0.1) is 10.2 Å². The van der Waals surface area contributed by atoms with Crippen molar-refractivity contribution in [2.45, 2.75) is 25.1 Å². The standard InChI is InChI=1S/C14H18N4O4S2/c1-4-22-11-7-5-10(6-8-11)18-24(20,21)14-17-16-13(23-14)15-12(19)9(2)3/h5-9,18H,4H2,1-3H3,(H,15,16,19). The van der Waals surface area contributed by atoms with Gasteiger partial charge in [0.2, 0.25) is 11.0 Å². The number of carbonyl (C=O) groups is 1. The number of anilines is 2. The Kier molecular flexibility index (Phi) is 5.73. The van der Waals surface area contributed by atoms with E-state index < -0.39 is 10.0 Å². The second-order valence-corrected chi connectivity index (χ2v) is 7.91. The van der Waals surface area contributed by atoms with Crippen LogP contribution in [0.4, 0.5) is 10.8 Å². The normalized spacial score (nSPS) is 11.3. The number of ether oxygens (including phenoxy) is 1. The summed E-state index contributed by atoms with van der Waals surface area (Å²) in [6, 6.07) is 6.50. The Balaban J connectivity index is 2.10. The lowest BCUT2D eigenvalue weighted by atomic mass is 10.2. The molecule has 0 fully saturated rings. The number of nitrogens with one attached hydrogen (secondary N) is 2. The summed E-state index contributed by atoms with van der Waals surface area (Å²) in [6.07, 6.45) is 0. The summed E-state index contributed by atoms with van der Waals surface area (Å²) in [5.41, 5.74) is 0.376. The van der Waals surface area contributed by atoms with Gasteiger partial charge in [0, 0.05) is 11.6 Å². The zero-order chi connectivity index (χ0) is 17.7. The summed E-state index contributed by atoms with van der Waals surface area (Å²) in [4.78, 5) is 11.6. The van der Waals surface area contributed by atoms with Crippen molar-refractivity contribution in [1.29, 1.82) is 0 Å². The van der Waals surface area contributed by atoms with Crippen LogP contribution < -0.4 is 14.8 Å². The van der Waals surface area contributed by atoms with Gasteiger partial charge in [-0.05, 0) is 31.2 Å². The molecular weight excluding hydrogens is 352 g/mol. The molecule has 1 aromatic carbocycles. The van der Waals surface area contributed by atoms with Gasteiger partial charge in [-0.1, -0.05) is 25.2 Å². The minimum Gasteiger partial charge on any atom is -0.494 e. The van der Waals surface area contributed by atoms with Crippen molar-refractivity contribution >= 4 is 38.1 Å². The van der Waals surface area contributed by atoms with Gasteiger partial charge in [0.25, 0.3) is 14.4 Å². The predicted molar refractivity (Wildman–Crippen MR) is 91.8 cm³/mol. The maximum atomic E-state index is 12.3. The van der Waals surface area contributed by atoms with Crippen LogP contribution in [0, 0.1) is 5.92 Å². The highest BCUT2D eigenvalue weighted by Crippen LogP contribution is 2.24. The van der Waals surface area contributed by atoms with E-state index in [0.29, 0.717) is 18.0 Å². The Bertz CT molecular complexity index is 800. The number of sulfonamides is 1. The number of aromatic nitrogens is 2. The number of hydrogen-bond donors (Lipinski definition) is 2. The Hall–Kier alpha value is -2.20. The summed E-state index contributed by atoms with van der Waals surface area (Å²) in [5, 5.41) is 9.96. The molecule has 1 aromatic heterocycles. The zero-order valence-electron chi connectivity index (χ0n) is 13.4. The minimum absolute atomic E-state index is 0.140. The lowest BCUT2D eigenvalue weighted by Crippen LogP contribution is -2.17. The highest BCUT2D eigenvalue weighted by atomic mass is 32.2. The largest absolute Gasteiger partial charge is 0.494 e. The zero-order valence-corrected chi connectivity index (χ0v) is 15.1. The molecule has 130 valence electrons. The molecule has 2 aromatic rings. The first-order valence-corrected chi connectivity index (χ1v) is 9.52. The van der Waals surface area contributed by atoms with Crippen LogP contribution in [0.2, 0.25) is 0 Å². The van der Waals surface area contributed by atoms with Gasteiger partial charge in [0.05, 0.1) is 6.61 Å². The predicted octanol–water partition coefficient (Wildman–Crippen LogP) is 2.33. The monoisotopic (exact) mass is 370 g/mol. The molecule has 0 radical (unpaired) electrons. The van der Waals surface area contributed by atoms with Crippen LogP contribution in [-0.2, 0) is 14.8 Å². The molecule has 0 bridgehead atoms. The van der Waals surface area contributed by atoms with Crippen molar-refractivity contribution in [3.8, 4) is 5.75 Å². The molecule has 0 unspecified atom stereocenters. The average Bonchev–Trinajstić information content (AvgIpc) is 2.98. The van der Waals surface area contributed by atoms with Gasteiger partial charge in [0.15, 0.2) is 0 Å². The third kappa shape index (κ3) is 4.65. The first kappa shape index (κ1) is 18.1. The second kappa shape index (κ2) is 7.58. The van der Waals surface area contributed by atoms with Crippen LogP contribution in [0.25, 0.3) is 0 Å². The summed E-state index contributed by atoms with van der Waals surface area (Å²) in [5.74, 6) is 0.153. The van der Waals surface area contributed by atoms with Gasteiger partial charge in [-0.25, -0.2) is 0 Å². The average molecular weight is 370 g/mol. The van der Waals surface area contributed by atoms with Crippen molar-refractivity contribution in [3.05, 3.63) is 24.3 Å². The summed E-state index contributed by atoms with van der Waals surface area (Å²) < 4.78 is 32.1. The van der Waals surface area contributed by atoms with E-state index in [1.807, 2.05) is 6.92 Å². The first-order chi connectivity index (χ1) is 11.3. The van der Waals surface area contributed by atoms with Crippen molar-refractivity contribution < 1.29 is 17.9 Å². The van der Waals surface area contributed by atoms with Crippen molar-refractivity contribution in [2.24, 2.45) is 5.92 Å². The van der Waals surface area contributed by atoms with Crippen molar-refractivity contribution in [1.82, 2.24) is 10.2 Å². The molecule has 0 spiro atoms. The van der Waals surface area contributed by atoms with E-state index in [4.69, 9.17) is 4.74 Å². The molecule has 8 nitrogen and oxygen atoms in total. The van der Waals surface area contributed by atoms with Crippen LogP contribution in [0.3, 0.4) is 0 Å². The van der Waals surface area contributed by atoms with Crippen LogP contribution in [0.15, 0.2) is 28.6 Å². The van der Waals surface area contributed by atoms with Gasteiger partial charge in [-0.2, -0.15) is 8.42 Å². The van der Waals surface area contributed by atoms with E-state index in [-0.39, 0.29) is 21.3 Å². The third-order valence-electron chi connectivity index (χ3n) is 2.81. The fourth-order valence-corrected chi connectivity index (χ4v) is 3.57. The molecule has 0 aliphatic rings. The van der Waals surface area contributed by atoms with E-state index >= 15 is 0 Å². The molecular formula is C14H18N4O4S2. The van der Waals surface area contributed by atoms with E-state index in [9.17, 15) is 13.2 Å². The minimum atomic E-state index is -3.87. The number of carbonyl (C=O) groups excluding carboxylic acids is 1. The molecule has 2 rings (SSSR count). The van der Waals surface area contributed by atoms with E-state index in [2.05, 4.69) is 20.2 Å². The number of nitrogens with zero attached hydrogens (tertiary/aromatic N) is 2. The number of rotatable bonds is 7. The molecule has 1 heterocycles. The van der Waals surface area contributed by atoms with Crippen LogP contribution in [0.1, 0.15) is 20.8 Å². The van der Waals surface area contributed by atoms with Crippen molar-refractivity contribution in [3.63, 3.8) is 0 Å². The molecule has 24 heavy (non-hydrogen) atoms. The molecule has 2 N–H and O–H groups in total. The molecule has 0 atom stereocenters. The second-order valence-electron chi connectivity index (χ2n) is 5.08. The van der Waals surface area contributed by atoms with Crippen molar-refractivity contribution in [2.75, 3.05) is 16.6 Å². The third-order valence-corrected chi connectivity index (χ3v) is 5.40. The highest BCUT2D eigenvalue weighted by molar-refractivity contribution is 7.94. The lowest BCUT2D eigenvalue weighted by molar-refractivity contribution is -0.118. The van der Waals surface area contributed by atoms with Gasteiger partial charge < -0.3 is 10.1 Å². The fourth-order valence-electron chi connectivity index (χ4n) is 1.60. The SMILES string of the molecule is CCOc1ccc(NS(=O)(=O)c2nnc(NC(=O)C(C)C)s2)cc1. The van der Waals surface area contributed by atoms with Crippen LogP contribution in [0.5, 0.6) is 5.75 Å². The smallest absolute Gasteiger partial charge is 0.291 e. The Morgan fingerprint density at radius 2 is 1.92 bits per heavy atom. The number of amides is 1.